The van der Waals surface area contributed by atoms with Crippen molar-refractivity contribution in [3.05, 3.63) is 29.8 Å². The molecule has 0 saturated carbocycles. The number of methoxy groups -OCH3 is 1. The maximum Gasteiger partial charge on any atom is 0.317 e. The Balaban J connectivity index is 1.56. The van der Waals surface area contributed by atoms with Gasteiger partial charge in [0.1, 0.15) is 5.75 Å². The lowest BCUT2D eigenvalue weighted by atomic mass is 10.1. The molecule has 2 aliphatic heterocycles. The quantitative estimate of drug-likeness (QED) is 0.856. The number of carbonyl (C=O) groups excluding carboxylic acids is 1. The number of thioether (sulfide) groups is 1. The van der Waals surface area contributed by atoms with Gasteiger partial charge in [-0.1, -0.05) is 18.6 Å². The average molecular weight is 378 g/mol. The van der Waals surface area contributed by atoms with Crippen molar-refractivity contribution in [2.45, 2.75) is 38.3 Å². The number of benzene rings is 1. The van der Waals surface area contributed by atoms with Crippen molar-refractivity contribution in [3.63, 3.8) is 0 Å². The van der Waals surface area contributed by atoms with Crippen molar-refractivity contribution < 1.29 is 9.53 Å². The average Bonchev–Trinajstić information content (AvgIpc) is 2.93. The summed E-state index contributed by atoms with van der Waals surface area (Å²) >= 11 is 1.99. The molecule has 0 bridgehead atoms. The minimum atomic E-state index is 0.0744. The predicted molar refractivity (Wildman–Crippen MR) is 108 cm³/mol. The smallest absolute Gasteiger partial charge is 0.317 e. The maximum atomic E-state index is 12.9. The first kappa shape index (κ1) is 19.4. The Hall–Kier alpha value is -1.40. The highest BCUT2D eigenvalue weighted by molar-refractivity contribution is 7.99. The van der Waals surface area contributed by atoms with Crippen LogP contribution in [0.15, 0.2) is 24.3 Å². The fraction of sp³-hybridized carbons (Fsp3) is 0.650. The minimum absolute atomic E-state index is 0.0744. The Bertz CT molecular complexity index is 561. The van der Waals surface area contributed by atoms with Crippen LogP contribution in [0.25, 0.3) is 0 Å². The summed E-state index contributed by atoms with van der Waals surface area (Å²) in [6, 6.07) is 8.26. The lowest BCUT2D eigenvalue weighted by molar-refractivity contribution is 0.143. The number of carbonyl (C=O) groups is 1. The monoisotopic (exact) mass is 377 g/mol. The molecular formula is C20H31N3O2S. The van der Waals surface area contributed by atoms with Crippen molar-refractivity contribution >= 4 is 17.8 Å². The number of urea groups is 1. The van der Waals surface area contributed by atoms with E-state index in [-0.39, 0.29) is 6.03 Å². The molecule has 1 N–H and O–H groups in total. The van der Waals surface area contributed by atoms with Gasteiger partial charge < -0.3 is 19.9 Å². The first-order valence-corrected chi connectivity index (χ1v) is 10.9. The van der Waals surface area contributed by atoms with Gasteiger partial charge in [-0.2, -0.15) is 11.8 Å². The van der Waals surface area contributed by atoms with Gasteiger partial charge in [0.05, 0.1) is 13.2 Å². The van der Waals surface area contributed by atoms with Crippen LogP contribution in [0.2, 0.25) is 0 Å². The summed E-state index contributed by atoms with van der Waals surface area (Å²) < 4.78 is 5.19. The van der Waals surface area contributed by atoms with E-state index in [0.29, 0.717) is 12.6 Å². The molecule has 3 rings (SSSR count). The Morgan fingerprint density at radius 3 is 2.65 bits per heavy atom. The van der Waals surface area contributed by atoms with Crippen LogP contribution in [0.5, 0.6) is 5.75 Å². The molecule has 26 heavy (non-hydrogen) atoms. The Kier molecular flexibility index (Phi) is 7.50. The topological polar surface area (TPSA) is 44.8 Å². The highest BCUT2D eigenvalue weighted by Gasteiger charge is 2.27. The number of amides is 2. The number of nitrogens with one attached hydrogen (secondary N) is 1. The summed E-state index contributed by atoms with van der Waals surface area (Å²) in [6.07, 6.45) is 5.02. The molecule has 1 atom stereocenters. The van der Waals surface area contributed by atoms with Gasteiger partial charge in [0, 0.05) is 25.4 Å². The first-order chi connectivity index (χ1) is 12.8. The third-order valence-corrected chi connectivity index (χ3v) is 6.42. The van der Waals surface area contributed by atoms with Crippen molar-refractivity contribution in [1.29, 1.82) is 0 Å². The molecule has 0 aliphatic carbocycles. The molecule has 0 aromatic heterocycles. The molecule has 5 nitrogen and oxygen atoms in total. The zero-order chi connectivity index (χ0) is 18.2. The second kappa shape index (κ2) is 10.1. The number of piperidine rings is 1. The number of rotatable bonds is 5. The summed E-state index contributed by atoms with van der Waals surface area (Å²) in [5.41, 5.74) is 1.09. The van der Waals surface area contributed by atoms with E-state index in [9.17, 15) is 4.79 Å². The van der Waals surface area contributed by atoms with Crippen molar-refractivity contribution in [1.82, 2.24) is 15.1 Å². The summed E-state index contributed by atoms with van der Waals surface area (Å²) in [6.45, 7) is 4.80. The minimum Gasteiger partial charge on any atom is -0.497 e. The van der Waals surface area contributed by atoms with Gasteiger partial charge in [-0.05, 0) is 55.8 Å². The molecule has 2 heterocycles. The molecule has 6 heteroatoms. The van der Waals surface area contributed by atoms with Crippen LogP contribution in [0, 0.1) is 0 Å². The Morgan fingerprint density at radius 2 is 1.92 bits per heavy atom. The van der Waals surface area contributed by atoms with Crippen LogP contribution < -0.4 is 10.1 Å². The van der Waals surface area contributed by atoms with Gasteiger partial charge in [0.15, 0.2) is 0 Å². The van der Waals surface area contributed by atoms with E-state index >= 15 is 0 Å². The van der Waals surface area contributed by atoms with Crippen molar-refractivity contribution in [2.24, 2.45) is 0 Å². The Morgan fingerprint density at radius 1 is 1.15 bits per heavy atom. The summed E-state index contributed by atoms with van der Waals surface area (Å²) in [5, 5.41) is 3.12. The SMILES string of the molecule is COc1ccc(CNC(=O)N2CCCSCC2CN2CCCCC2)cc1. The molecule has 144 valence electrons. The van der Waals surface area contributed by atoms with E-state index in [2.05, 4.69) is 15.1 Å². The van der Waals surface area contributed by atoms with Gasteiger partial charge in [0.2, 0.25) is 0 Å². The van der Waals surface area contributed by atoms with E-state index in [4.69, 9.17) is 4.74 Å². The lowest BCUT2D eigenvalue weighted by Crippen LogP contribution is -2.52. The maximum absolute atomic E-state index is 12.9. The van der Waals surface area contributed by atoms with Gasteiger partial charge in [-0.25, -0.2) is 4.79 Å². The van der Waals surface area contributed by atoms with Crippen LogP contribution >= 0.6 is 11.8 Å². The highest BCUT2D eigenvalue weighted by atomic mass is 32.2. The van der Waals surface area contributed by atoms with E-state index in [0.717, 1.165) is 42.3 Å². The lowest BCUT2D eigenvalue weighted by Gasteiger charge is -2.35. The molecule has 0 spiro atoms. The van der Waals surface area contributed by atoms with Crippen LogP contribution in [0.3, 0.4) is 0 Å². The van der Waals surface area contributed by atoms with Gasteiger partial charge in [0.25, 0.3) is 0 Å². The van der Waals surface area contributed by atoms with Gasteiger partial charge >= 0.3 is 6.03 Å². The zero-order valence-electron chi connectivity index (χ0n) is 15.8. The van der Waals surface area contributed by atoms with E-state index < -0.39 is 0 Å². The second-order valence-corrected chi connectivity index (χ2v) is 8.29. The van der Waals surface area contributed by atoms with Crippen LogP contribution in [0.1, 0.15) is 31.2 Å². The molecule has 1 aromatic carbocycles. The number of nitrogens with zero attached hydrogens (tertiary/aromatic N) is 2. The predicted octanol–water partition coefficient (Wildman–Crippen LogP) is 3.20. The third-order valence-electron chi connectivity index (χ3n) is 5.22. The summed E-state index contributed by atoms with van der Waals surface area (Å²) in [4.78, 5) is 17.5. The third kappa shape index (κ3) is 5.55. The molecule has 2 aliphatic rings. The van der Waals surface area contributed by atoms with E-state index in [1.165, 1.54) is 32.4 Å². The van der Waals surface area contributed by atoms with Crippen molar-refractivity contribution in [3.8, 4) is 5.75 Å². The normalized spacial score (nSPS) is 21.9. The number of likely N-dealkylation sites (tertiary alicyclic amines) is 1. The molecule has 1 unspecified atom stereocenters. The van der Waals surface area contributed by atoms with Gasteiger partial charge in [-0.3, -0.25) is 0 Å². The Labute approximate surface area is 161 Å². The zero-order valence-corrected chi connectivity index (χ0v) is 16.6. The molecule has 2 amide bonds. The van der Waals surface area contributed by atoms with Crippen LogP contribution in [-0.4, -0.2) is 66.7 Å². The number of ether oxygens (including phenoxy) is 1. The molecule has 2 fully saturated rings. The fourth-order valence-electron chi connectivity index (χ4n) is 3.71. The van der Waals surface area contributed by atoms with Crippen molar-refractivity contribution in [2.75, 3.05) is 44.8 Å². The fourth-order valence-corrected chi connectivity index (χ4v) is 4.77. The van der Waals surface area contributed by atoms with Gasteiger partial charge in [-0.15, -0.1) is 0 Å². The highest BCUT2D eigenvalue weighted by Crippen LogP contribution is 2.19. The number of hydrogen-bond donors (Lipinski definition) is 1. The number of hydrogen-bond acceptors (Lipinski definition) is 4. The summed E-state index contributed by atoms with van der Waals surface area (Å²) in [7, 11) is 1.66. The molecule has 0 radical (unpaired) electrons. The van der Waals surface area contributed by atoms with Crippen LogP contribution in [-0.2, 0) is 6.54 Å². The van der Waals surface area contributed by atoms with Crippen LogP contribution in [0.4, 0.5) is 4.79 Å². The standard InChI is InChI=1S/C20H31N3O2S/c1-25-19-8-6-17(7-9-19)14-21-20(24)23-12-5-13-26-16-18(23)15-22-10-3-2-4-11-22/h6-9,18H,2-5,10-16H2,1H3,(H,21,24). The molecular weight excluding hydrogens is 346 g/mol. The van der Waals surface area contributed by atoms with E-state index in [1.54, 1.807) is 7.11 Å². The summed E-state index contributed by atoms with van der Waals surface area (Å²) in [5.74, 6) is 3.04. The van der Waals surface area contributed by atoms with E-state index in [1.807, 2.05) is 36.0 Å². The first-order valence-electron chi connectivity index (χ1n) is 9.74. The molecule has 1 aromatic rings. The largest absolute Gasteiger partial charge is 0.497 e. The second-order valence-electron chi connectivity index (χ2n) is 7.14. The molecule has 2 saturated heterocycles.